The second kappa shape index (κ2) is 6.79. The number of nitrogens with zero attached hydrogens (tertiary/aromatic N) is 1. The van der Waals surface area contributed by atoms with Crippen molar-refractivity contribution in [1.29, 1.82) is 0 Å². The van der Waals surface area contributed by atoms with E-state index in [1.165, 1.54) is 16.7 Å². The zero-order chi connectivity index (χ0) is 14.6. The minimum Gasteiger partial charge on any atom is -0.480 e. The molecule has 6 nitrogen and oxygen atoms in total. The molecule has 0 aromatic rings. The predicted molar refractivity (Wildman–Crippen MR) is 72.7 cm³/mol. The largest absolute Gasteiger partial charge is 0.480 e. The molecule has 1 aliphatic heterocycles. The fourth-order valence-corrected chi connectivity index (χ4v) is 3.05. The van der Waals surface area contributed by atoms with Crippen molar-refractivity contribution >= 4 is 29.5 Å². The van der Waals surface area contributed by atoms with E-state index in [9.17, 15) is 14.4 Å². The Morgan fingerprint density at radius 1 is 1.42 bits per heavy atom. The van der Waals surface area contributed by atoms with E-state index >= 15 is 0 Å². The summed E-state index contributed by atoms with van der Waals surface area (Å²) >= 11 is 1.50. The van der Waals surface area contributed by atoms with Crippen LogP contribution >= 0.6 is 11.8 Å². The Hall–Kier alpha value is -1.24. The molecule has 1 rings (SSSR count). The van der Waals surface area contributed by atoms with Gasteiger partial charge < -0.3 is 15.3 Å². The van der Waals surface area contributed by atoms with Gasteiger partial charge in [-0.25, -0.2) is 4.79 Å². The third kappa shape index (κ3) is 3.86. The Balaban J connectivity index is 2.71. The van der Waals surface area contributed by atoms with Crippen LogP contribution < -0.4 is 5.32 Å². The molecule has 1 fully saturated rings. The molecule has 0 radical (unpaired) electrons. The Kier molecular flexibility index (Phi) is 5.65. The van der Waals surface area contributed by atoms with Gasteiger partial charge in [-0.2, -0.15) is 0 Å². The second-order valence-corrected chi connectivity index (χ2v) is 5.80. The average Bonchev–Trinajstić information content (AvgIpc) is 2.82. The second-order valence-electron chi connectivity index (χ2n) is 4.80. The van der Waals surface area contributed by atoms with Crippen molar-refractivity contribution in [1.82, 2.24) is 10.2 Å². The first kappa shape index (κ1) is 15.8. The van der Waals surface area contributed by atoms with Crippen LogP contribution in [0.2, 0.25) is 0 Å². The molecule has 2 unspecified atom stereocenters. The molecule has 1 saturated heterocycles. The van der Waals surface area contributed by atoms with Gasteiger partial charge in [-0.15, -0.1) is 11.8 Å². The molecule has 2 N–H and O–H groups in total. The van der Waals surface area contributed by atoms with Crippen LogP contribution in [0.5, 0.6) is 0 Å². The van der Waals surface area contributed by atoms with Crippen molar-refractivity contribution in [3.63, 3.8) is 0 Å². The smallest absolute Gasteiger partial charge is 0.326 e. The molecule has 2 amide bonds. The van der Waals surface area contributed by atoms with E-state index in [0.717, 1.165) is 0 Å². The van der Waals surface area contributed by atoms with Gasteiger partial charge in [-0.3, -0.25) is 9.59 Å². The fraction of sp³-hybridized carbons (Fsp3) is 0.750. The van der Waals surface area contributed by atoms with E-state index in [4.69, 9.17) is 5.11 Å². The third-order valence-electron chi connectivity index (χ3n) is 3.04. The van der Waals surface area contributed by atoms with Crippen LogP contribution in [-0.4, -0.2) is 51.5 Å². The predicted octanol–water partition coefficient (Wildman–Crippen LogP) is 0.523. The van der Waals surface area contributed by atoms with Gasteiger partial charge in [-0.05, 0) is 5.92 Å². The molecule has 19 heavy (non-hydrogen) atoms. The topological polar surface area (TPSA) is 86.7 Å². The first-order valence-corrected chi connectivity index (χ1v) is 7.44. The van der Waals surface area contributed by atoms with Gasteiger partial charge in [0.1, 0.15) is 12.1 Å². The summed E-state index contributed by atoms with van der Waals surface area (Å²) in [6, 6.07) is -1.48. The highest BCUT2D eigenvalue weighted by molar-refractivity contribution is 7.99. The van der Waals surface area contributed by atoms with Gasteiger partial charge >= 0.3 is 5.97 Å². The number of carbonyl (C=O) groups excluding carboxylic acids is 2. The van der Waals surface area contributed by atoms with Crippen molar-refractivity contribution in [3.05, 3.63) is 0 Å². The van der Waals surface area contributed by atoms with Crippen LogP contribution in [0.15, 0.2) is 0 Å². The Morgan fingerprint density at radius 2 is 2.05 bits per heavy atom. The van der Waals surface area contributed by atoms with Crippen molar-refractivity contribution in [3.8, 4) is 0 Å². The van der Waals surface area contributed by atoms with Gasteiger partial charge in [0.25, 0.3) is 0 Å². The lowest BCUT2D eigenvalue weighted by Gasteiger charge is -2.25. The SMILES string of the molecule is CCC(=O)N1CSCC1C(=O)NC(C(=O)O)C(C)C. The zero-order valence-electron chi connectivity index (χ0n) is 11.4. The summed E-state index contributed by atoms with van der Waals surface area (Å²) in [5, 5.41) is 11.6. The molecule has 1 aliphatic rings. The van der Waals surface area contributed by atoms with Crippen LogP contribution in [0.4, 0.5) is 0 Å². The van der Waals surface area contributed by atoms with Crippen LogP contribution in [0.3, 0.4) is 0 Å². The van der Waals surface area contributed by atoms with Crippen molar-refractivity contribution in [2.45, 2.75) is 39.3 Å². The first-order valence-electron chi connectivity index (χ1n) is 6.28. The number of carboxylic acid groups (broad SMARTS) is 1. The highest BCUT2D eigenvalue weighted by Crippen LogP contribution is 2.22. The van der Waals surface area contributed by atoms with Crippen LogP contribution in [0.1, 0.15) is 27.2 Å². The number of hydrogen-bond donors (Lipinski definition) is 2. The van der Waals surface area contributed by atoms with Gasteiger partial charge in [-0.1, -0.05) is 20.8 Å². The number of thioether (sulfide) groups is 1. The summed E-state index contributed by atoms with van der Waals surface area (Å²) in [7, 11) is 0. The van der Waals surface area contributed by atoms with Gasteiger partial charge in [0.15, 0.2) is 0 Å². The van der Waals surface area contributed by atoms with Crippen LogP contribution in [0, 0.1) is 5.92 Å². The molecule has 108 valence electrons. The Labute approximate surface area is 116 Å². The fourth-order valence-electron chi connectivity index (χ4n) is 1.87. The number of aliphatic carboxylic acids is 1. The summed E-state index contributed by atoms with van der Waals surface area (Å²) in [4.78, 5) is 36.4. The quantitative estimate of drug-likeness (QED) is 0.770. The van der Waals surface area contributed by atoms with Crippen molar-refractivity contribution < 1.29 is 19.5 Å². The molecule has 0 aromatic heterocycles. The summed E-state index contributed by atoms with van der Waals surface area (Å²) in [6.45, 7) is 5.21. The highest BCUT2D eigenvalue weighted by Gasteiger charge is 2.36. The van der Waals surface area contributed by atoms with Gasteiger partial charge in [0, 0.05) is 12.2 Å². The molecular formula is C12H20N2O4S. The van der Waals surface area contributed by atoms with Crippen LogP contribution in [0.25, 0.3) is 0 Å². The minimum absolute atomic E-state index is 0.0819. The average molecular weight is 288 g/mol. The maximum atomic E-state index is 12.1. The number of nitrogens with one attached hydrogen (secondary N) is 1. The summed E-state index contributed by atoms with van der Waals surface area (Å²) in [5.41, 5.74) is 0. The summed E-state index contributed by atoms with van der Waals surface area (Å²) in [5.74, 6) is -0.714. The molecule has 1 heterocycles. The number of rotatable bonds is 5. The van der Waals surface area contributed by atoms with E-state index in [1.54, 1.807) is 20.8 Å². The maximum Gasteiger partial charge on any atom is 0.326 e. The van der Waals surface area contributed by atoms with Crippen molar-refractivity contribution in [2.75, 3.05) is 11.6 Å². The number of amides is 2. The molecule has 0 aromatic carbocycles. The number of carbonyl (C=O) groups is 3. The summed E-state index contributed by atoms with van der Waals surface area (Å²) in [6.07, 6.45) is 0.344. The maximum absolute atomic E-state index is 12.1. The monoisotopic (exact) mass is 288 g/mol. The van der Waals surface area contributed by atoms with E-state index in [2.05, 4.69) is 5.32 Å². The third-order valence-corrected chi connectivity index (χ3v) is 4.05. The lowest BCUT2D eigenvalue weighted by molar-refractivity contribution is -0.144. The van der Waals surface area contributed by atoms with E-state index in [1.807, 2.05) is 0 Å². The number of hydrogen-bond acceptors (Lipinski definition) is 4. The lowest BCUT2D eigenvalue weighted by atomic mass is 10.0. The Morgan fingerprint density at radius 3 is 2.53 bits per heavy atom. The minimum atomic E-state index is -1.05. The number of carboxylic acids is 1. The standard InChI is InChI=1S/C12H20N2O4S/c1-4-9(15)14-6-19-5-8(14)11(16)13-10(7(2)3)12(17)18/h7-8,10H,4-6H2,1-3H3,(H,13,16)(H,17,18). The zero-order valence-corrected chi connectivity index (χ0v) is 12.2. The summed E-state index contributed by atoms with van der Waals surface area (Å²) < 4.78 is 0. The molecule has 2 atom stereocenters. The normalized spacial score (nSPS) is 20.4. The molecule has 0 saturated carbocycles. The molecule has 0 bridgehead atoms. The van der Waals surface area contributed by atoms with Gasteiger partial charge in [0.05, 0.1) is 5.88 Å². The highest BCUT2D eigenvalue weighted by atomic mass is 32.2. The molecule has 0 aliphatic carbocycles. The van der Waals surface area contributed by atoms with E-state index in [0.29, 0.717) is 18.1 Å². The lowest BCUT2D eigenvalue weighted by Crippen LogP contribution is -2.53. The van der Waals surface area contributed by atoms with Crippen molar-refractivity contribution in [2.24, 2.45) is 5.92 Å². The Bertz CT molecular complexity index is 373. The van der Waals surface area contributed by atoms with E-state index < -0.39 is 18.1 Å². The first-order chi connectivity index (χ1) is 8.88. The van der Waals surface area contributed by atoms with E-state index in [-0.39, 0.29) is 17.7 Å². The van der Waals surface area contributed by atoms with Gasteiger partial charge in [0.2, 0.25) is 11.8 Å². The molecule has 0 spiro atoms. The van der Waals surface area contributed by atoms with Crippen LogP contribution in [-0.2, 0) is 14.4 Å². The molecule has 7 heteroatoms. The molecular weight excluding hydrogens is 268 g/mol.